The Morgan fingerprint density at radius 3 is 2.67 bits per heavy atom. The van der Waals surface area contributed by atoms with Crippen molar-refractivity contribution in [3.05, 3.63) is 0 Å². The van der Waals surface area contributed by atoms with Crippen molar-refractivity contribution in [3.8, 4) is 12.3 Å². The fraction of sp³-hybridized carbons (Fsp3) is 0.750. The van der Waals surface area contributed by atoms with Crippen LogP contribution in [0.5, 0.6) is 0 Å². The van der Waals surface area contributed by atoms with E-state index in [4.69, 9.17) is 12.2 Å². The smallest absolute Gasteiger partial charge is 0.232 e. The Kier molecular flexibility index (Phi) is 5.20. The van der Waals surface area contributed by atoms with Crippen LogP contribution >= 0.6 is 0 Å². The standard InChI is InChI=1S/C12H20N2O/c1-2-6-12(15)14-11(9-13)10-7-4-3-5-8-10/h1,10-11H,3-9,13H2,(H,14,15). The molecule has 0 heterocycles. The van der Waals surface area contributed by atoms with Gasteiger partial charge in [0.2, 0.25) is 5.91 Å². The largest absolute Gasteiger partial charge is 0.351 e. The van der Waals surface area contributed by atoms with Gasteiger partial charge in [0.15, 0.2) is 0 Å². The summed E-state index contributed by atoms with van der Waals surface area (Å²) in [4.78, 5) is 11.3. The number of amides is 1. The summed E-state index contributed by atoms with van der Waals surface area (Å²) >= 11 is 0. The average molecular weight is 208 g/mol. The molecular formula is C12H20N2O. The molecule has 0 radical (unpaired) electrons. The fourth-order valence-corrected chi connectivity index (χ4v) is 2.26. The van der Waals surface area contributed by atoms with Crippen LogP contribution in [-0.2, 0) is 4.79 Å². The van der Waals surface area contributed by atoms with E-state index in [2.05, 4.69) is 11.2 Å². The SMILES string of the molecule is C#CCC(=O)NC(CN)C1CCCCC1. The van der Waals surface area contributed by atoms with Crippen LogP contribution in [0.2, 0.25) is 0 Å². The summed E-state index contributed by atoms with van der Waals surface area (Å²) in [5.74, 6) is 2.82. The molecule has 0 spiro atoms. The van der Waals surface area contributed by atoms with Gasteiger partial charge in [0.1, 0.15) is 0 Å². The summed E-state index contributed by atoms with van der Waals surface area (Å²) in [6.07, 6.45) is 11.4. The summed E-state index contributed by atoms with van der Waals surface area (Å²) in [5, 5.41) is 2.93. The van der Waals surface area contributed by atoms with E-state index in [1.807, 2.05) is 0 Å². The number of nitrogens with two attached hydrogens (primary N) is 1. The highest BCUT2D eigenvalue weighted by Crippen LogP contribution is 2.26. The lowest BCUT2D eigenvalue weighted by Gasteiger charge is -2.29. The predicted molar refractivity (Wildman–Crippen MR) is 61.0 cm³/mol. The molecular weight excluding hydrogens is 188 g/mol. The summed E-state index contributed by atoms with van der Waals surface area (Å²) in [6.45, 7) is 0.515. The van der Waals surface area contributed by atoms with Crippen LogP contribution < -0.4 is 11.1 Å². The quantitative estimate of drug-likeness (QED) is 0.678. The molecule has 0 aromatic carbocycles. The predicted octanol–water partition coefficient (Wildman–Crippen LogP) is 1.03. The maximum atomic E-state index is 11.3. The molecule has 84 valence electrons. The number of hydrogen-bond donors (Lipinski definition) is 2. The maximum Gasteiger partial charge on any atom is 0.232 e. The first-order chi connectivity index (χ1) is 7.27. The highest BCUT2D eigenvalue weighted by atomic mass is 16.1. The molecule has 3 nitrogen and oxygen atoms in total. The Morgan fingerprint density at radius 1 is 1.47 bits per heavy atom. The molecule has 1 aliphatic rings. The number of rotatable bonds is 4. The van der Waals surface area contributed by atoms with Crippen LogP contribution in [0, 0.1) is 18.3 Å². The van der Waals surface area contributed by atoms with Gasteiger partial charge in [-0.2, -0.15) is 0 Å². The van der Waals surface area contributed by atoms with E-state index in [-0.39, 0.29) is 18.4 Å². The molecule has 1 rings (SSSR count). The van der Waals surface area contributed by atoms with Crippen molar-refractivity contribution in [2.45, 2.75) is 44.6 Å². The second-order valence-corrected chi connectivity index (χ2v) is 4.19. The van der Waals surface area contributed by atoms with Gasteiger partial charge in [-0.1, -0.05) is 25.2 Å². The van der Waals surface area contributed by atoms with Crippen molar-refractivity contribution in [2.24, 2.45) is 11.7 Å². The second kappa shape index (κ2) is 6.47. The molecule has 1 fully saturated rings. The third-order valence-corrected chi connectivity index (χ3v) is 3.08. The maximum absolute atomic E-state index is 11.3. The second-order valence-electron chi connectivity index (χ2n) is 4.19. The van der Waals surface area contributed by atoms with Crippen molar-refractivity contribution in [3.63, 3.8) is 0 Å². The first-order valence-corrected chi connectivity index (χ1v) is 5.70. The first-order valence-electron chi connectivity index (χ1n) is 5.70. The van der Waals surface area contributed by atoms with Crippen LogP contribution in [0.4, 0.5) is 0 Å². The molecule has 0 bridgehead atoms. The van der Waals surface area contributed by atoms with Crippen LogP contribution in [0.25, 0.3) is 0 Å². The van der Waals surface area contributed by atoms with Gasteiger partial charge < -0.3 is 11.1 Å². The summed E-state index contributed by atoms with van der Waals surface area (Å²) in [5.41, 5.74) is 5.68. The van der Waals surface area contributed by atoms with Crippen molar-refractivity contribution < 1.29 is 4.79 Å². The number of terminal acetylenes is 1. The Labute approximate surface area is 91.8 Å². The lowest BCUT2D eigenvalue weighted by molar-refractivity contribution is -0.121. The fourth-order valence-electron chi connectivity index (χ4n) is 2.26. The van der Waals surface area contributed by atoms with Crippen molar-refractivity contribution >= 4 is 5.91 Å². The zero-order valence-corrected chi connectivity index (χ0v) is 9.17. The van der Waals surface area contributed by atoms with Gasteiger partial charge in [0.05, 0.1) is 6.42 Å². The summed E-state index contributed by atoms with van der Waals surface area (Å²) in [7, 11) is 0. The number of nitrogens with one attached hydrogen (secondary N) is 1. The van der Waals surface area contributed by atoms with Crippen LogP contribution in [0.1, 0.15) is 38.5 Å². The normalized spacial score (nSPS) is 19.2. The average Bonchev–Trinajstić information content (AvgIpc) is 2.27. The molecule has 15 heavy (non-hydrogen) atoms. The number of carbonyl (C=O) groups excluding carboxylic acids is 1. The molecule has 3 heteroatoms. The molecule has 1 atom stereocenters. The Balaban J connectivity index is 2.40. The third-order valence-electron chi connectivity index (χ3n) is 3.08. The van der Waals surface area contributed by atoms with Gasteiger partial charge in [-0.05, 0) is 18.8 Å². The minimum Gasteiger partial charge on any atom is -0.351 e. The minimum atomic E-state index is -0.0708. The topological polar surface area (TPSA) is 55.1 Å². The molecule has 0 aromatic heterocycles. The van der Waals surface area contributed by atoms with Gasteiger partial charge in [-0.15, -0.1) is 6.42 Å². The van der Waals surface area contributed by atoms with E-state index >= 15 is 0 Å². The lowest BCUT2D eigenvalue weighted by Crippen LogP contribution is -2.45. The van der Waals surface area contributed by atoms with Crippen molar-refractivity contribution in [1.29, 1.82) is 0 Å². The monoisotopic (exact) mass is 208 g/mol. The summed E-state index contributed by atoms with van der Waals surface area (Å²) in [6, 6.07) is 0.117. The molecule has 0 saturated heterocycles. The van der Waals surface area contributed by atoms with Gasteiger partial charge in [0.25, 0.3) is 0 Å². The van der Waals surface area contributed by atoms with Crippen molar-refractivity contribution in [1.82, 2.24) is 5.32 Å². The zero-order valence-electron chi connectivity index (χ0n) is 9.17. The molecule has 1 saturated carbocycles. The Hall–Kier alpha value is -1.01. The highest BCUT2D eigenvalue weighted by Gasteiger charge is 2.23. The van der Waals surface area contributed by atoms with Crippen molar-refractivity contribution in [2.75, 3.05) is 6.54 Å². The minimum absolute atomic E-state index is 0.0708. The van der Waals surface area contributed by atoms with E-state index in [0.29, 0.717) is 12.5 Å². The van der Waals surface area contributed by atoms with E-state index in [1.165, 1.54) is 32.1 Å². The zero-order chi connectivity index (χ0) is 11.1. The van der Waals surface area contributed by atoms with Gasteiger partial charge in [-0.3, -0.25) is 4.79 Å². The van der Waals surface area contributed by atoms with Crippen LogP contribution in [-0.4, -0.2) is 18.5 Å². The van der Waals surface area contributed by atoms with E-state index in [9.17, 15) is 4.79 Å². The Morgan fingerprint density at radius 2 is 2.13 bits per heavy atom. The van der Waals surface area contributed by atoms with Crippen LogP contribution in [0.3, 0.4) is 0 Å². The van der Waals surface area contributed by atoms with E-state index < -0.39 is 0 Å². The van der Waals surface area contributed by atoms with Gasteiger partial charge >= 0.3 is 0 Å². The number of hydrogen-bond acceptors (Lipinski definition) is 2. The third kappa shape index (κ3) is 3.93. The molecule has 1 unspecified atom stereocenters. The molecule has 3 N–H and O–H groups in total. The molecule has 1 amide bonds. The molecule has 0 aliphatic heterocycles. The molecule has 1 aliphatic carbocycles. The summed E-state index contributed by atoms with van der Waals surface area (Å²) < 4.78 is 0. The van der Waals surface area contributed by atoms with E-state index in [0.717, 1.165) is 0 Å². The highest BCUT2D eigenvalue weighted by molar-refractivity contribution is 5.78. The first kappa shape index (κ1) is 12.1. The Bertz CT molecular complexity index is 238. The molecule has 0 aromatic rings. The van der Waals surface area contributed by atoms with Crippen LogP contribution in [0.15, 0.2) is 0 Å². The van der Waals surface area contributed by atoms with E-state index in [1.54, 1.807) is 0 Å². The van der Waals surface area contributed by atoms with Gasteiger partial charge in [0, 0.05) is 12.6 Å². The lowest BCUT2D eigenvalue weighted by atomic mass is 9.84. The number of carbonyl (C=O) groups is 1. The van der Waals surface area contributed by atoms with Gasteiger partial charge in [-0.25, -0.2) is 0 Å².